The van der Waals surface area contributed by atoms with Crippen molar-refractivity contribution < 1.29 is 14.0 Å². The summed E-state index contributed by atoms with van der Waals surface area (Å²) >= 11 is 0. The van der Waals surface area contributed by atoms with Gasteiger partial charge in [-0.15, -0.1) is 0 Å². The summed E-state index contributed by atoms with van der Waals surface area (Å²) in [5.41, 5.74) is 2.14. The summed E-state index contributed by atoms with van der Waals surface area (Å²) in [6.45, 7) is 4.70. The fraction of sp³-hybridized carbons (Fsp3) is 0.438. The average Bonchev–Trinajstić information content (AvgIpc) is 3.80. The van der Waals surface area contributed by atoms with E-state index in [1.54, 1.807) is 4.90 Å². The molecule has 42 heavy (non-hydrogen) atoms. The first-order valence-electron chi connectivity index (χ1n) is 14.8. The first kappa shape index (κ1) is 27.9. The lowest BCUT2D eigenvalue weighted by Gasteiger charge is -2.33. The quantitative estimate of drug-likeness (QED) is 0.427. The van der Waals surface area contributed by atoms with Gasteiger partial charge in [-0.2, -0.15) is 0 Å². The second kappa shape index (κ2) is 11.2. The zero-order chi connectivity index (χ0) is 29.5. The molecule has 2 aromatic carbocycles. The molecule has 3 aromatic rings. The topological polar surface area (TPSA) is 105 Å². The predicted octanol–water partition coefficient (Wildman–Crippen LogP) is 4.37. The Labute approximate surface area is 243 Å². The molecule has 1 saturated carbocycles. The van der Waals surface area contributed by atoms with Gasteiger partial charge < -0.3 is 15.5 Å². The highest BCUT2D eigenvalue weighted by Crippen LogP contribution is 2.30. The van der Waals surface area contributed by atoms with Gasteiger partial charge in [0.15, 0.2) is 0 Å². The van der Waals surface area contributed by atoms with Crippen LogP contribution in [-0.2, 0) is 19.4 Å². The molecule has 1 saturated heterocycles. The maximum atomic E-state index is 15.3. The largest absolute Gasteiger partial charge is 0.348 e. The Morgan fingerprint density at radius 3 is 2.52 bits per heavy atom. The van der Waals surface area contributed by atoms with Crippen molar-refractivity contribution in [3.05, 3.63) is 85.8 Å². The third-order valence-corrected chi connectivity index (χ3v) is 8.51. The Bertz CT molecular complexity index is 1720. The van der Waals surface area contributed by atoms with Gasteiger partial charge in [0.2, 0.25) is 0 Å². The second-order valence-electron chi connectivity index (χ2n) is 12.0. The highest BCUT2D eigenvalue weighted by atomic mass is 19.1. The average molecular weight is 574 g/mol. The number of rotatable bonds is 6. The Balaban J connectivity index is 1.19. The monoisotopic (exact) mass is 573 g/mol. The molecular weight excluding hydrogens is 537 g/mol. The third kappa shape index (κ3) is 5.49. The van der Waals surface area contributed by atoms with E-state index in [-0.39, 0.29) is 41.1 Å². The van der Waals surface area contributed by atoms with E-state index < -0.39 is 23.1 Å². The standard InChI is InChI=1S/C32H36FN5O4/c1-19(2)38-28-16-26(33)27(15-25(28)30(40)37(32(38)42)17-20-9-10-20)35-31(41)36-13-5-8-24(18-36)34-29(39)23-12-11-21-6-3-4-7-22(21)14-23/h3-4,11-12,14-16,19-20,24H,5-10,13,17-18H2,1-2H3,(H,34,39)(H,35,41)/t24-/m1/s1. The molecule has 3 aliphatic rings. The van der Waals surface area contributed by atoms with E-state index in [0.29, 0.717) is 31.0 Å². The molecule has 9 nitrogen and oxygen atoms in total. The fourth-order valence-corrected chi connectivity index (χ4v) is 6.03. The minimum absolute atomic E-state index is 0.120. The van der Waals surface area contributed by atoms with E-state index in [1.165, 1.54) is 20.8 Å². The summed E-state index contributed by atoms with van der Waals surface area (Å²) in [5.74, 6) is -0.614. The SMILES string of the molecule is CC(C)n1c(=O)n(CC2CC2)c(=O)c2cc(NC(=O)N3CCC[C@@H](NC(=O)c4ccc5c(c4)CC=CC5)C3)c(F)cc21. The van der Waals surface area contributed by atoms with E-state index in [1.807, 2.05) is 32.0 Å². The third-order valence-electron chi connectivity index (χ3n) is 8.51. The van der Waals surface area contributed by atoms with Gasteiger partial charge in [-0.3, -0.25) is 18.7 Å². The van der Waals surface area contributed by atoms with Crippen molar-refractivity contribution in [2.75, 3.05) is 18.4 Å². The van der Waals surface area contributed by atoms with Crippen molar-refractivity contribution in [1.29, 1.82) is 0 Å². The van der Waals surface area contributed by atoms with Crippen molar-refractivity contribution >= 4 is 28.5 Å². The minimum atomic E-state index is -0.729. The highest BCUT2D eigenvalue weighted by molar-refractivity contribution is 5.95. The summed E-state index contributed by atoms with van der Waals surface area (Å²) < 4.78 is 18.0. The molecule has 0 radical (unpaired) electrons. The van der Waals surface area contributed by atoms with Crippen LogP contribution in [0.25, 0.3) is 10.9 Å². The van der Waals surface area contributed by atoms with Crippen LogP contribution in [0.1, 0.15) is 67.1 Å². The molecule has 3 amide bonds. The molecule has 1 atom stereocenters. The van der Waals surface area contributed by atoms with Gasteiger partial charge in [-0.25, -0.2) is 14.0 Å². The number of hydrogen-bond donors (Lipinski definition) is 2. The number of fused-ring (bicyclic) bond motifs is 2. The molecule has 220 valence electrons. The van der Waals surface area contributed by atoms with Crippen molar-refractivity contribution in [3.8, 4) is 0 Å². The van der Waals surface area contributed by atoms with Crippen LogP contribution in [0.2, 0.25) is 0 Å². The molecule has 10 heteroatoms. The molecule has 0 spiro atoms. The lowest BCUT2D eigenvalue weighted by molar-refractivity contribution is 0.0913. The molecule has 6 rings (SSSR count). The van der Waals surface area contributed by atoms with Crippen LogP contribution in [0, 0.1) is 11.7 Å². The fourth-order valence-electron chi connectivity index (χ4n) is 6.03. The number of carbonyl (C=O) groups excluding carboxylic acids is 2. The van der Waals surface area contributed by atoms with Crippen molar-refractivity contribution in [1.82, 2.24) is 19.4 Å². The molecule has 2 heterocycles. The molecule has 2 aliphatic carbocycles. The lowest BCUT2D eigenvalue weighted by Crippen LogP contribution is -2.50. The Morgan fingerprint density at radius 2 is 1.79 bits per heavy atom. The van der Waals surface area contributed by atoms with Crippen molar-refractivity contribution in [3.63, 3.8) is 0 Å². The van der Waals surface area contributed by atoms with Gasteiger partial charge in [0.1, 0.15) is 5.82 Å². The lowest BCUT2D eigenvalue weighted by atomic mass is 9.94. The summed E-state index contributed by atoms with van der Waals surface area (Å²) in [6, 6.07) is 7.21. The van der Waals surface area contributed by atoms with E-state index in [2.05, 4.69) is 22.8 Å². The number of anilines is 1. The Kier molecular flexibility index (Phi) is 7.47. The number of amides is 3. The van der Waals surface area contributed by atoms with Crippen LogP contribution in [0.4, 0.5) is 14.9 Å². The molecule has 1 aromatic heterocycles. The van der Waals surface area contributed by atoms with Crippen molar-refractivity contribution in [2.24, 2.45) is 5.92 Å². The predicted molar refractivity (Wildman–Crippen MR) is 160 cm³/mol. The van der Waals surface area contributed by atoms with E-state index in [4.69, 9.17) is 0 Å². The van der Waals surface area contributed by atoms with Crippen LogP contribution in [-0.4, -0.2) is 45.1 Å². The zero-order valence-electron chi connectivity index (χ0n) is 24.0. The summed E-state index contributed by atoms with van der Waals surface area (Å²) in [4.78, 5) is 54.3. The number of allylic oxidation sites excluding steroid dienone is 2. The van der Waals surface area contributed by atoms with Crippen molar-refractivity contribution in [2.45, 2.75) is 71.0 Å². The van der Waals surface area contributed by atoms with E-state index in [0.717, 1.165) is 43.7 Å². The van der Waals surface area contributed by atoms with Gasteiger partial charge in [0.25, 0.3) is 11.5 Å². The maximum absolute atomic E-state index is 15.3. The smallest absolute Gasteiger partial charge is 0.331 e. The van der Waals surface area contributed by atoms with E-state index >= 15 is 4.39 Å². The molecule has 0 bridgehead atoms. The van der Waals surface area contributed by atoms with Gasteiger partial charge in [-0.05, 0) is 87.6 Å². The zero-order valence-corrected chi connectivity index (χ0v) is 24.0. The molecular formula is C32H36FN5O4. The number of aromatic nitrogens is 2. The Morgan fingerprint density at radius 1 is 1.02 bits per heavy atom. The normalized spacial score (nSPS) is 18.3. The molecule has 1 aliphatic heterocycles. The number of likely N-dealkylation sites (tertiary alicyclic amines) is 1. The number of piperidine rings is 1. The number of halogens is 1. The summed E-state index contributed by atoms with van der Waals surface area (Å²) in [6.07, 6.45) is 9.26. The number of nitrogens with zero attached hydrogens (tertiary/aromatic N) is 3. The number of hydrogen-bond acceptors (Lipinski definition) is 4. The van der Waals surface area contributed by atoms with Gasteiger partial charge in [0.05, 0.1) is 16.6 Å². The number of nitrogens with one attached hydrogen (secondary N) is 2. The number of carbonyl (C=O) groups is 2. The maximum Gasteiger partial charge on any atom is 0.331 e. The molecule has 2 fully saturated rings. The summed E-state index contributed by atoms with van der Waals surface area (Å²) in [7, 11) is 0. The Hall–Kier alpha value is -4.21. The molecule has 2 N–H and O–H groups in total. The second-order valence-corrected chi connectivity index (χ2v) is 12.0. The molecule has 0 unspecified atom stereocenters. The first-order chi connectivity index (χ1) is 20.2. The number of urea groups is 1. The van der Waals surface area contributed by atoms with Crippen LogP contribution < -0.4 is 21.9 Å². The van der Waals surface area contributed by atoms with Crippen LogP contribution >= 0.6 is 0 Å². The first-order valence-corrected chi connectivity index (χ1v) is 14.8. The van der Waals surface area contributed by atoms with Gasteiger partial charge in [0, 0.05) is 43.3 Å². The van der Waals surface area contributed by atoms with Crippen LogP contribution in [0.3, 0.4) is 0 Å². The summed E-state index contributed by atoms with van der Waals surface area (Å²) in [5, 5.41) is 5.87. The minimum Gasteiger partial charge on any atom is -0.348 e. The van der Waals surface area contributed by atoms with Gasteiger partial charge >= 0.3 is 11.7 Å². The van der Waals surface area contributed by atoms with E-state index in [9.17, 15) is 19.2 Å². The van der Waals surface area contributed by atoms with Crippen LogP contribution in [0.15, 0.2) is 52.1 Å². The highest BCUT2D eigenvalue weighted by Gasteiger charge is 2.28. The van der Waals surface area contributed by atoms with Gasteiger partial charge in [-0.1, -0.05) is 18.2 Å². The van der Waals surface area contributed by atoms with Crippen LogP contribution in [0.5, 0.6) is 0 Å². The number of benzene rings is 2.